The predicted molar refractivity (Wildman–Crippen MR) is 534 cm³/mol. The van der Waals surface area contributed by atoms with E-state index >= 15 is 0 Å². The quantitative estimate of drug-likeness (QED) is 0.113. The highest BCUT2D eigenvalue weighted by atomic mass is 15.2. The number of fused-ring (bicyclic) bond motifs is 11. The summed E-state index contributed by atoms with van der Waals surface area (Å²) in [4.78, 5) is 10.6. The van der Waals surface area contributed by atoms with Gasteiger partial charge in [-0.15, -0.1) is 0 Å². The third-order valence-corrected chi connectivity index (χ3v) is 27.6. The van der Waals surface area contributed by atoms with Crippen molar-refractivity contribution in [1.82, 2.24) is 4.57 Å². The first kappa shape index (κ1) is 75.1. The number of aryl methyl sites for hydroxylation is 10. The summed E-state index contributed by atoms with van der Waals surface area (Å²) >= 11 is 0. The molecule has 0 spiro atoms. The molecule has 0 saturated heterocycles. The van der Waals surface area contributed by atoms with Crippen LogP contribution < -0.4 is 52.4 Å². The van der Waals surface area contributed by atoms with Crippen molar-refractivity contribution in [3.63, 3.8) is 0 Å². The molecule has 0 N–H and O–H groups in total. The number of hydrogen-bond acceptors (Lipinski definition) is 4. The SMILES string of the molecule is Cc1cccc(C)c1-c1ccc(N2c3ccc(-c4c(C)cccc4C)cc3B3c4cc5c(cc4N(c4c(-c6ccccc6)cccc4-c4ccccc4)c4cc(-c6c(C)cccc6C)cc2c43)N(c2ccccc2)c2cc(-n3c4ccc(-c6c(C)cccc6C)cc4c4cc(-c6c(C)cccc6C)ccc43)cc3c2B5c2ccccc2N3c2ccccc2)cc1. The smallest absolute Gasteiger partial charge is 0.252 e. The fraction of sp³-hybridized carbons (Fsp3) is 0.0847. The number of para-hydroxylation sites is 4. The zero-order valence-electron chi connectivity index (χ0n) is 72.1. The number of aromatic nitrogens is 1. The van der Waals surface area contributed by atoms with Crippen molar-refractivity contribution >= 4 is 136 Å². The van der Waals surface area contributed by atoms with Crippen molar-refractivity contribution < 1.29 is 0 Å². The first-order chi connectivity index (χ1) is 61.2. The van der Waals surface area contributed by atoms with E-state index in [-0.39, 0.29) is 13.4 Å². The monoisotopic (exact) mass is 1600 g/mol. The van der Waals surface area contributed by atoms with Gasteiger partial charge in [0.2, 0.25) is 0 Å². The number of hydrogen-bond donors (Lipinski definition) is 0. The Bertz CT molecular complexity index is 7410. The van der Waals surface area contributed by atoms with Crippen LogP contribution in [0.3, 0.4) is 0 Å². The Morgan fingerprint density at radius 3 is 0.976 bits per heavy atom. The van der Waals surface area contributed by atoms with Crippen LogP contribution in [0, 0.1) is 69.2 Å². The van der Waals surface area contributed by atoms with Crippen molar-refractivity contribution in [2.75, 3.05) is 19.6 Å². The number of anilines is 12. The van der Waals surface area contributed by atoms with E-state index in [0.29, 0.717) is 0 Å². The van der Waals surface area contributed by atoms with Gasteiger partial charge >= 0.3 is 0 Å². The van der Waals surface area contributed by atoms with Crippen LogP contribution in [-0.2, 0) is 0 Å². The van der Waals surface area contributed by atoms with Crippen LogP contribution in [0.1, 0.15) is 55.6 Å². The van der Waals surface area contributed by atoms with Gasteiger partial charge in [0.15, 0.2) is 0 Å². The Kier molecular flexibility index (Phi) is 17.7. The maximum absolute atomic E-state index is 2.75. The van der Waals surface area contributed by atoms with Crippen molar-refractivity contribution in [1.29, 1.82) is 0 Å². The van der Waals surface area contributed by atoms with Crippen LogP contribution in [0.25, 0.3) is 105 Å². The van der Waals surface area contributed by atoms with Crippen LogP contribution in [0.2, 0.25) is 0 Å². The van der Waals surface area contributed by atoms with Crippen LogP contribution in [-0.4, -0.2) is 18.0 Å². The molecule has 0 radical (unpaired) electrons. The molecule has 4 aliphatic heterocycles. The van der Waals surface area contributed by atoms with Crippen molar-refractivity contribution in [3.05, 3.63) is 426 Å². The zero-order valence-corrected chi connectivity index (χ0v) is 72.1. The third-order valence-electron chi connectivity index (χ3n) is 27.6. The van der Waals surface area contributed by atoms with E-state index in [1.807, 2.05) is 0 Å². The van der Waals surface area contributed by atoms with Gasteiger partial charge in [-0.05, 0) is 328 Å². The molecule has 0 fully saturated rings. The first-order valence-corrected chi connectivity index (χ1v) is 44.0. The highest BCUT2D eigenvalue weighted by Gasteiger charge is 2.50. The summed E-state index contributed by atoms with van der Waals surface area (Å²) < 4.78 is 2.58. The van der Waals surface area contributed by atoms with Gasteiger partial charge in [0.1, 0.15) is 0 Å². The Morgan fingerprint density at radius 1 is 0.184 bits per heavy atom. The summed E-state index contributed by atoms with van der Waals surface area (Å²) in [5.74, 6) is 0. The molecule has 594 valence electrons. The Labute approximate surface area is 733 Å². The van der Waals surface area contributed by atoms with Gasteiger partial charge in [-0.3, -0.25) is 0 Å². The molecule has 0 unspecified atom stereocenters. The largest absolute Gasteiger partial charge is 0.311 e. The van der Waals surface area contributed by atoms with Crippen LogP contribution in [0.15, 0.2) is 370 Å². The van der Waals surface area contributed by atoms with Gasteiger partial charge in [0.25, 0.3) is 13.4 Å². The molecule has 0 amide bonds. The minimum Gasteiger partial charge on any atom is -0.311 e. The average molecular weight is 1600 g/mol. The van der Waals surface area contributed by atoms with Crippen molar-refractivity contribution in [2.24, 2.45) is 0 Å². The topological polar surface area (TPSA) is 17.9 Å². The van der Waals surface area contributed by atoms with Crippen molar-refractivity contribution in [2.45, 2.75) is 69.2 Å². The van der Waals surface area contributed by atoms with Crippen LogP contribution in [0.4, 0.5) is 68.2 Å². The molecule has 0 saturated carbocycles. The second-order valence-corrected chi connectivity index (χ2v) is 35.1. The first-order valence-electron chi connectivity index (χ1n) is 44.0. The second kappa shape index (κ2) is 29.4. The molecule has 0 bridgehead atoms. The lowest BCUT2D eigenvalue weighted by atomic mass is 9.30. The molecule has 125 heavy (non-hydrogen) atoms. The summed E-state index contributed by atoms with van der Waals surface area (Å²) in [7, 11) is 0. The van der Waals surface area contributed by atoms with Gasteiger partial charge in [-0.2, -0.15) is 0 Å². The predicted octanol–water partition coefficient (Wildman–Crippen LogP) is 27.7. The van der Waals surface area contributed by atoms with Gasteiger partial charge < -0.3 is 24.2 Å². The summed E-state index contributed by atoms with van der Waals surface area (Å²) in [6.45, 7) is 22.1. The average Bonchev–Trinajstić information content (AvgIpc) is 0.888. The van der Waals surface area contributed by atoms with Crippen molar-refractivity contribution in [3.8, 4) is 83.6 Å². The van der Waals surface area contributed by atoms with Crippen LogP contribution in [0.5, 0.6) is 0 Å². The van der Waals surface area contributed by atoms with Gasteiger partial charge in [-0.1, -0.05) is 267 Å². The molecule has 4 aliphatic rings. The van der Waals surface area contributed by atoms with Gasteiger partial charge in [0.05, 0.1) is 22.4 Å². The highest BCUT2D eigenvalue weighted by molar-refractivity contribution is 7.03. The van der Waals surface area contributed by atoms with Gasteiger partial charge in [-0.25, -0.2) is 0 Å². The summed E-state index contributed by atoms with van der Waals surface area (Å²) in [5.41, 5.74) is 53.4. The van der Waals surface area contributed by atoms with E-state index in [0.717, 1.165) is 113 Å². The molecular formula is C118H91B2N5. The van der Waals surface area contributed by atoms with E-state index < -0.39 is 0 Å². The number of rotatable bonds is 12. The normalized spacial score (nSPS) is 12.8. The molecule has 5 heterocycles. The van der Waals surface area contributed by atoms with E-state index in [2.05, 4.69) is 463 Å². The van der Waals surface area contributed by atoms with Crippen LogP contribution >= 0.6 is 0 Å². The standard InChI is InChI=1S/C118H91B2N5/c1-72-31-25-32-73(2)111(72)84-53-58-91(59-54-84)122-104-62-57-87(114-78(7)37-28-38-79(114)8)65-98(104)120-100-70-99-105(71-106(100)125(108-67-88(66-107(122)116(108)120)115-80(9)39-29-40-81(115)10)118-93(82-41-15-11-16-42-82)49-30-50-94(118)83-43-17-12-18-44-83)123(90-47-21-14-22-48-90)110-69-92(68-109-117(110)119(99)97-51-23-24-52-103(97)121(109)89-45-19-13-20-46-89)124-101-60-55-85(112-74(3)33-26-34-75(112)4)63-95(101)96-64-86(56-61-102(96)124)113-76(5)35-27-36-77(113)6/h11-71H,1-10H3. The zero-order chi connectivity index (χ0) is 84.3. The minimum absolute atomic E-state index is 0.267. The molecule has 23 rings (SSSR count). The lowest BCUT2D eigenvalue weighted by molar-refractivity contribution is 1.16. The summed E-state index contributed by atoms with van der Waals surface area (Å²) in [5, 5.41) is 2.41. The molecule has 7 heteroatoms. The second-order valence-electron chi connectivity index (χ2n) is 35.1. The highest BCUT2D eigenvalue weighted by Crippen LogP contribution is 2.55. The molecule has 1 aromatic heterocycles. The van der Waals surface area contributed by atoms with E-state index in [1.165, 1.54) is 149 Å². The molecule has 19 aromatic rings. The maximum atomic E-state index is 2.75. The number of benzene rings is 18. The molecule has 0 aliphatic carbocycles. The Balaban J connectivity index is 0.868. The summed E-state index contributed by atoms with van der Waals surface area (Å²) in [6, 6.07) is 142. The Hall–Kier alpha value is -14.9. The molecule has 5 nitrogen and oxygen atoms in total. The van der Waals surface area contributed by atoms with E-state index in [9.17, 15) is 0 Å². The molecular weight excluding hydrogens is 1510 g/mol. The fourth-order valence-electron chi connectivity index (χ4n) is 22.3. The van der Waals surface area contributed by atoms with E-state index in [1.54, 1.807) is 0 Å². The summed E-state index contributed by atoms with van der Waals surface area (Å²) in [6.07, 6.45) is 0. The Morgan fingerprint density at radius 2 is 0.512 bits per heavy atom. The lowest BCUT2D eigenvalue weighted by Gasteiger charge is -2.48. The fourth-order valence-corrected chi connectivity index (χ4v) is 22.3. The minimum atomic E-state index is -0.314. The number of nitrogens with zero attached hydrogens (tertiary/aromatic N) is 5. The van der Waals surface area contributed by atoms with Gasteiger partial charge in [0, 0.05) is 84.5 Å². The lowest BCUT2D eigenvalue weighted by Crippen LogP contribution is -2.65. The maximum Gasteiger partial charge on any atom is 0.252 e. The van der Waals surface area contributed by atoms with E-state index in [4.69, 9.17) is 0 Å². The molecule has 0 atom stereocenters. The third kappa shape index (κ3) is 11.8. The molecule has 18 aromatic carbocycles.